The Hall–Kier alpha value is -0.820. The SMILES string of the molecule is CC(CN(C)S(=O)(=O)Cc1c(Cl)cccc1Cl)C(=O)O. The van der Waals surface area contributed by atoms with Gasteiger partial charge in [0.15, 0.2) is 0 Å². The molecule has 0 aliphatic carbocycles. The quantitative estimate of drug-likeness (QED) is 0.863. The molecule has 1 aromatic carbocycles. The Morgan fingerprint density at radius 2 is 1.85 bits per heavy atom. The lowest BCUT2D eigenvalue weighted by molar-refractivity contribution is -0.141. The van der Waals surface area contributed by atoms with Crippen LogP contribution >= 0.6 is 23.2 Å². The van der Waals surface area contributed by atoms with Gasteiger partial charge in [-0.2, -0.15) is 0 Å². The number of carboxylic acids is 1. The molecule has 0 bridgehead atoms. The summed E-state index contributed by atoms with van der Waals surface area (Å²) in [5, 5.41) is 9.34. The Kier molecular flexibility index (Phi) is 5.82. The molecular formula is C12H15Cl2NO4S. The van der Waals surface area contributed by atoms with E-state index in [9.17, 15) is 13.2 Å². The van der Waals surface area contributed by atoms with Crippen LogP contribution in [-0.4, -0.2) is 37.4 Å². The lowest BCUT2D eigenvalue weighted by Gasteiger charge is -2.20. The molecular weight excluding hydrogens is 325 g/mol. The molecule has 112 valence electrons. The number of aliphatic carboxylic acids is 1. The van der Waals surface area contributed by atoms with Crippen LogP contribution in [0.25, 0.3) is 0 Å². The maximum absolute atomic E-state index is 12.2. The van der Waals surface area contributed by atoms with Crippen molar-refractivity contribution in [2.24, 2.45) is 5.92 Å². The van der Waals surface area contributed by atoms with Crippen molar-refractivity contribution in [3.63, 3.8) is 0 Å². The Labute approximate surface area is 128 Å². The summed E-state index contributed by atoms with van der Waals surface area (Å²) in [6, 6.07) is 4.73. The van der Waals surface area contributed by atoms with Crippen molar-refractivity contribution in [2.45, 2.75) is 12.7 Å². The van der Waals surface area contributed by atoms with Crippen molar-refractivity contribution in [3.05, 3.63) is 33.8 Å². The molecule has 20 heavy (non-hydrogen) atoms. The van der Waals surface area contributed by atoms with E-state index in [0.29, 0.717) is 5.56 Å². The first-order valence-corrected chi connectivity index (χ1v) is 8.11. The van der Waals surface area contributed by atoms with Gasteiger partial charge in [0.25, 0.3) is 0 Å². The fourth-order valence-electron chi connectivity index (χ4n) is 1.54. The lowest BCUT2D eigenvalue weighted by atomic mass is 10.2. The van der Waals surface area contributed by atoms with Crippen LogP contribution < -0.4 is 0 Å². The van der Waals surface area contributed by atoms with Crippen LogP contribution in [0.4, 0.5) is 0 Å². The number of rotatable bonds is 6. The molecule has 1 rings (SSSR count). The third-order valence-electron chi connectivity index (χ3n) is 2.82. The molecule has 0 amide bonds. The molecule has 5 nitrogen and oxygen atoms in total. The molecule has 0 aliphatic rings. The summed E-state index contributed by atoms with van der Waals surface area (Å²) < 4.78 is 25.4. The number of nitrogens with zero attached hydrogens (tertiary/aromatic N) is 1. The van der Waals surface area contributed by atoms with Gasteiger partial charge in [-0.15, -0.1) is 0 Å². The van der Waals surface area contributed by atoms with Gasteiger partial charge < -0.3 is 5.11 Å². The molecule has 0 aliphatic heterocycles. The first-order valence-electron chi connectivity index (χ1n) is 5.75. The van der Waals surface area contributed by atoms with Crippen molar-refractivity contribution in [1.29, 1.82) is 0 Å². The summed E-state index contributed by atoms with van der Waals surface area (Å²) >= 11 is 11.9. The zero-order chi connectivity index (χ0) is 15.5. The summed E-state index contributed by atoms with van der Waals surface area (Å²) in [6.45, 7) is 1.33. The predicted molar refractivity (Wildman–Crippen MR) is 78.5 cm³/mol. The number of halogens is 2. The number of carboxylic acid groups (broad SMARTS) is 1. The van der Waals surface area contributed by atoms with Crippen molar-refractivity contribution in [2.75, 3.05) is 13.6 Å². The second-order valence-electron chi connectivity index (χ2n) is 4.48. The van der Waals surface area contributed by atoms with E-state index in [0.717, 1.165) is 4.31 Å². The number of benzene rings is 1. The summed E-state index contributed by atoms with van der Waals surface area (Å²) in [5.41, 5.74) is 0.311. The Balaban J connectivity index is 2.92. The molecule has 1 N–H and O–H groups in total. The first kappa shape index (κ1) is 17.2. The lowest BCUT2D eigenvalue weighted by Crippen LogP contribution is -2.34. The van der Waals surface area contributed by atoms with Crippen LogP contribution in [0.1, 0.15) is 12.5 Å². The molecule has 0 saturated heterocycles. The fourth-order valence-corrected chi connectivity index (χ4v) is 3.58. The van der Waals surface area contributed by atoms with Gasteiger partial charge in [0.2, 0.25) is 10.0 Å². The van der Waals surface area contributed by atoms with E-state index in [2.05, 4.69) is 0 Å². The maximum atomic E-state index is 12.2. The van der Waals surface area contributed by atoms with E-state index >= 15 is 0 Å². The molecule has 0 heterocycles. The monoisotopic (exact) mass is 339 g/mol. The van der Waals surface area contributed by atoms with Gasteiger partial charge in [0, 0.05) is 29.2 Å². The molecule has 0 aromatic heterocycles. The van der Waals surface area contributed by atoms with Gasteiger partial charge in [0.1, 0.15) is 0 Å². The number of hydrogen-bond acceptors (Lipinski definition) is 3. The van der Waals surface area contributed by atoms with Crippen molar-refractivity contribution in [1.82, 2.24) is 4.31 Å². The van der Waals surface area contributed by atoms with Gasteiger partial charge in [-0.1, -0.05) is 36.2 Å². The zero-order valence-corrected chi connectivity index (χ0v) is 13.3. The minimum absolute atomic E-state index is 0.111. The molecule has 0 saturated carbocycles. The van der Waals surface area contributed by atoms with Gasteiger partial charge in [-0.05, 0) is 12.1 Å². The first-order chi connectivity index (χ1) is 9.15. The summed E-state index contributed by atoms with van der Waals surface area (Å²) in [6.07, 6.45) is 0. The third-order valence-corrected chi connectivity index (χ3v) is 5.28. The van der Waals surface area contributed by atoms with Crippen LogP contribution in [0.3, 0.4) is 0 Å². The van der Waals surface area contributed by atoms with E-state index < -0.39 is 21.9 Å². The Morgan fingerprint density at radius 1 is 1.35 bits per heavy atom. The Bertz CT molecular complexity index is 583. The standard InChI is InChI=1S/C12H15Cl2NO4S/c1-8(12(16)17)6-15(2)20(18,19)7-9-10(13)4-3-5-11(9)14/h3-5,8H,6-7H2,1-2H3,(H,16,17). The molecule has 1 atom stereocenters. The van der Waals surface area contributed by atoms with E-state index in [4.69, 9.17) is 28.3 Å². The number of hydrogen-bond donors (Lipinski definition) is 1. The Morgan fingerprint density at radius 3 is 2.30 bits per heavy atom. The second-order valence-corrected chi connectivity index (χ2v) is 7.37. The van der Waals surface area contributed by atoms with Gasteiger partial charge >= 0.3 is 5.97 Å². The van der Waals surface area contributed by atoms with E-state index in [1.54, 1.807) is 18.2 Å². The summed E-state index contributed by atoms with van der Waals surface area (Å²) in [4.78, 5) is 10.8. The average Bonchev–Trinajstić information content (AvgIpc) is 2.33. The molecule has 0 spiro atoms. The predicted octanol–water partition coefficient (Wildman–Crippen LogP) is 2.48. The van der Waals surface area contributed by atoms with Crippen LogP contribution in [0.15, 0.2) is 18.2 Å². The molecule has 1 aromatic rings. The fraction of sp³-hybridized carbons (Fsp3) is 0.417. The maximum Gasteiger partial charge on any atom is 0.307 e. The zero-order valence-electron chi connectivity index (χ0n) is 11.0. The van der Waals surface area contributed by atoms with Gasteiger partial charge in [0.05, 0.1) is 11.7 Å². The largest absolute Gasteiger partial charge is 0.481 e. The van der Waals surface area contributed by atoms with Crippen LogP contribution in [0, 0.1) is 5.92 Å². The van der Waals surface area contributed by atoms with Gasteiger partial charge in [-0.3, -0.25) is 4.79 Å². The smallest absolute Gasteiger partial charge is 0.307 e. The number of sulfonamides is 1. The van der Waals surface area contributed by atoms with E-state index in [-0.39, 0.29) is 22.3 Å². The van der Waals surface area contributed by atoms with Crippen LogP contribution in [0.2, 0.25) is 10.0 Å². The molecule has 1 unspecified atom stereocenters. The second kappa shape index (κ2) is 6.76. The minimum Gasteiger partial charge on any atom is -0.481 e. The van der Waals surface area contributed by atoms with Crippen LogP contribution in [0.5, 0.6) is 0 Å². The highest BCUT2D eigenvalue weighted by molar-refractivity contribution is 7.88. The minimum atomic E-state index is -3.69. The van der Waals surface area contributed by atoms with Crippen molar-refractivity contribution < 1.29 is 18.3 Å². The molecule has 0 fully saturated rings. The van der Waals surface area contributed by atoms with Gasteiger partial charge in [-0.25, -0.2) is 12.7 Å². The highest BCUT2D eigenvalue weighted by Gasteiger charge is 2.25. The van der Waals surface area contributed by atoms with Crippen molar-refractivity contribution in [3.8, 4) is 0 Å². The topological polar surface area (TPSA) is 74.7 Å². The number of carbonyl (C=O) groups is 1. The highest BCUT2D eigenvalue weighted by atomic mass is 35.5. The molecule has 0 radical (unpaired) electrons. The third kappa shape index (κ3) is 4.34. The van der Waals surface area contributed by atoms with E-state index in [1.165, 1.54) is 14.0 Å². The van der Waals surface area contributed by atoms with E-state index in [1.807, 2.05) is 0 Å². The average molecular weight is 340 g/mol. The normalized spacial score (nSPS) is 13.4. The highest BCUT2D eigenvalue weighted by Crippen LogP contribution is 2.27. The summed E-state index contributed by atoms with van der Waals surface area (Å²) in [7, 11) is -2.35. The van der Waals surface area contributed by atoms with Crippen LogP contribution in [-0.2, 0) is 20.6 Å². The summed E-state index contributed by atoms with van der Waals surface area (Å²) in [5.74, 6) is -2.21. The van der Waals surface area contributed by atoms with Crippen molar-refractivity contribution >= 4 is 39.2 Å². The molecule has 8 heteroatoms.